The Morgan fingerprint density at radius 1 is 1.45 bits per heavy atom. The summed E-state index contributed by atoms with van der Waals surface area (Å²) in [5.41, 5.74) is -0.760. The van der Waals surface area contributed by atoms with E-state index in [1.165, 1.54) is 7.11 Å². The van der Waals surface area contributed by atoms with E-state index in [0.29, 0.717) is 19.4 Å². The molecule has 0 saturated heterocycles. The Morgan fingerprint density at radius 2 is 2.18 bits per heavy atom. The van der Waals surface area contributed by atoms with E-state index in [1.54, 1.807) is 20.0 Å². The van der Waals surface area contributed by atoms with Gasteiger partial charge < -0.3 is 9.84 Å². The molecule has 0 aliphatic heterocycles. The average Bonchev–Trinajstić information content (AvgIpc) is 2.99. The largest absolute Gasteiger partial charge is 0.391 e. The minimum atomic E-state index is -3.51. The number of aliphatic hydroxyl groups excluding tert-OH is 1. The number of hydrogen-bond acceptors (Lipinski definition) is 5. The van der Waals surface area contributed by atoms with Crippen molar-refractivity contribution in [3.05, 3.63) is 18.5 Å². The summed E-state index contributed by atoms with van der Waals surface area (Å²) in [7, 11) is -2.02. The summed E-state index contributed by atoms with van der Waals surface area (Å²) in [4.78, 5) is 0. The molecule has 126 valence electrons. The topological polar surface area (TPSA) is 93.5 Å². The quantitative estimate of drug-likeness (QED) is 0.753. The Morgan fingerprint density at radius 3 is 2.77 bits per heavy atom. The van der Waals surface area contributed by atoms with Gasteiger partial charge in [-0.15, -0.1) is 0 Å². The molecule has 1 unspecified atom stereocenters. The molecule has 0 spiro atoms. The molecule has 8 heteroatoms. The maximum atomic E-state index is 12.2. The first-order valence-corrected chi connectivity index (χ1v) is 9.07. The standard InChI is InChI=1S/C14H25N3O4S/c1-14(2,21-3)10-22(19,20)16-12-7-11(8-13(12)18)9-17-6-4-5-15-17/h4-6,11-13,16,18H,7-10H2,1-3H3/t11?,12-,13-/m1/s1. The second-order valence-corrected chi connectivity index (χ2v) is 8.33. The van der Waals surface area contributed by atoms with Crippen LogP contribution in [0.3, 0.4) is 0 Å². The number of nitrogens with zero attached hydrogens (tertiary/aromatic N) is 2. The van der Waals surface area contributed by atoms with Gasteiger partial charge in [-0.05, 0) is 38.7 Å². The fraction of sp³-hybridized carbons (Fsp3) is 0.786. The minimum absolute atomic E-state index is 0.135. The van der Waals surface area contributed by atoms with Gasteiger partial charge in [0, 0.05) is 32.1 Å². The third kappa shape index (κ3) is 4.77. The van der Waals surface area contributed by atoms with Crippen molar-refractivity contribution >= 4 is 10.0 Å². The smallest absolute Gasteiger partial charge is 0.214 e. The van der Waals surface area contributed by atoms with Gasteiger partial charge in [-0.3, -0.25) is 4.68 Å². The van der Waals surface area contributed by atoms with Crippen molar-refractivity contribution in [2.75, 3.05) is 12.9 Å². The number of rotatable bonds is 7. The van der Waals surface area contributed by atoms with Gasteiger partial charge in [0.1, 0.15) is 0 Å². The van der Waals surface area contributed by atoms with Crippen molar-refractivity contribution in [2.45, 2.75) is 51.0 Å². The second kappa shape index (κ2) is 6.66. The first kappa shape index (κ1) is 17.4. The third-order valence-electron chi connectivity index (χ3n) is 4.05. The molecule has 1 saturated carbocycles. The van der Waals surface area contributed by atoms with Crippen LogP contribution in [-0.4, -0.2) is 53.9 Å². The molecule has 1 aromatic heterocycles. The van der Waals surface area contributed by atoms with Gasteiger partial charge in [0.25, 0.3) is 0 Å². The molecular formula is C14H25N3O4S. The molecular weight excluding hydrogens is 306 g/mol. The normalized spacial score (nSPS) is 26.5. The molecule has 1 aliphatic rings. The molecule has 0 bridgehead atoms. The van der Waals surface area contributed by atoms with E-state index in [2.05, 4.69) is 9.82 Å². The fourth-order valence-corrected chi connectivity index (χ4v) is 4.69. The lowest BCUT2D eigenvalue weighted by Gasteiger charge is -2.24. The third-order valence-corrected chi connectivity index (χ3v) is 5.79. The summed E-state index contributed by atoms with van der Waals surface area (Å²) in [6.07, 6.45) is 4.08. The van der Waals surface area contributed by atoms with E-state index in [9.17, 15) is 13.5 Å². The Balaban J connectivity index is 1.92. The van der Waals surface area contributed by atoms with Crippen LogP contribution in [0.1, 0.15) is 26.7 Å². The Labute approximate surface area is 131 Å². The van der Waals surface area contributed by atoms with E-state index < -0.39 is 27.8 Å². The number of ether oxygens (including phenoxy) is 1. The van der Waals surface area contributed by atoms with Gasteiger partial charge in [-0.25, -0.2) is 13.1 Å². The first-order valence-electron chi connectivity index (χ1n) is 7.41. The molecule has 1 aliphatic carbocycles. The van der Waals surface area contributed by atoms with E-state index in [4.69, 9.17) is 4.74 Å². The predicted octanol–water partition coefficient (Wildman–Crippen LogP) is 0.367. The number of aliphatic hydroxyl groups is 1. The number of methoxy groups -OCH3 is 1. The first-order chi connectivity index (χ1) is 10.2. The second-order valence-electron chi connectivity index (χ2n) is 6.58. The van der Waals surface area contributed by atoms with Crippen molar-refractivity contribution < 1.29 is 18.3 Å². The fourth-order valence-electron chi connectivity index (χ4n) is 2.86. The van der Waals surface area contributed by atoms with Crippen LogP contribution in [0.2, 0.25) is 0 Å². The van der Waals surface area contributed by atoms with Crippen LogP contribution in [0.25, 0.3) is 0 Å². The molecule has 3 atom stereocenters. The summed E-state index contributed by atoms with van der Waals surface area (Å²) in [5.74, 6) is 0.0711. The van der Waals surface area contributed by atoms with Crippen molar-refractivity contribution in [3.8, 4) is 0 Å². The Hall–Kier alpha value is -0.960. The molecule has 22 heavy (non-hydrogen) atoms. The zero-order valence-electron chi connectivity index (χ0n) is 13.3. The van der Waals surface area contributed by atoms with E-state index >= 15 is 0 Å². The van der Waals surface area contributed by atoms with Gasteiger partial charge in [0.05, 0.1) is 17.5 Å². The van der Waals surface area contributed by atoms with E-state index in [0.717, 1.165) is 0 Å². The monoisotopic (exact) mass is 331 g/mol. The van der Waals surface area contributed by atoms with Gasteiger partial charge in [-0.2, -0.15) is 5.10 Å². The highest BCUT2D eigenvalue weighted by Gasteiger charge is 2.37. The van der Waals surface area contributed by atoms with Gasteiger partial charge in [0.15, 0.2) is 0 Å². The molecule has 1 fully saturated rings. The van der Waals surface area contributed by atoms with Crippen LogP contribution < -0.4 is 4.72 Å². The van der Waals surface area contributed by atoms with Crippen LogP contribution in [0.15, 0.2) is 18.5 Å². The van der Waals surface area contributed by atoms with Crippen molar-refractivity contribution in [3.63, 3.8) is 0 Å². The van der Waals surface area contributed by atoms with Gasteiger partial charge in [0.2, 0.25) is 10.0 Å². The molecule has 7 nitrogen and oxygen atoms in total. The molecule has 0 amide bonds. The lowest BCUT2D eigenvalue weighted by atomic mass is 10.1. The average molecular weight is 331 g/mol. The summed E-state index contributed by atoms with van der Waals surface area (Å²) < 4.78 is 34.0. The lowest BCUT2D eigenvalue weighted by molar-refractivity contribution is 0.0422. The number of nitrogens with one attached hydrogen (secondary N) is 1. The highest BCUT2D eigenvalue weighted by atomic mass is 32.2. The highest BCUT2D eigenvalue weighted by molar-refractivity contribution is 7.89. The number of aromatic nitrogens is 2. The van der Waals surface area contributed by atoms with Crippen LogP contribution in [0.4, 0.5) is 0 Å². The molecule has 1 aromatic rings. The van der Waals surface area contributed by atoms with Gasteiger partial charge >= 0.3 is 0 Å². The van der Waals surface area contributed by atoms with Crippen LogP contribution in [0, 0.1) is 5.92 Å². The molecule has 1 heterocycles. The maximum absolute atomic E-state index is 12.2. The van der Waals surface area contributed by atoms with E-state index in [-0.39, 0.29) is 11.7 Å². The Bertz CT molecular complexity index is 571. The lowest BCUT2D eigenvalue weighted by Crippen LogP contribution is -2.45. The summed E-state index contributed by atoms with van der Waals surface area (Å²) >= 11 is 0. The summed E-state index contributed by atoms with van der Waals surface area (Å²) in [6, 6.07) is 1.40. The highest BCUT2D eigenvalue weighted by Crippen LogP contribution is 2.28. The summed E-state index contributed by atoms with van der Waals surface area (Å²) in [6.45, 7) is 4.13. The Kier molecular flexibility index (Phi) is 5.26. The zero-order chi connectivity index (χ0) is 16.4. The zero-order valence-corrected chi connectivity index (χ0v) is 14.1. The predicted molar refractivity (Wildman–Crippen MR) is 82.8 cm³/mol. The molecule has 2 rings (SSSR count). The number of hydrogen-bond donors (Lipinski definition) is 2. The SMILES string of the molecule is COC(C)(C)CS(=O)(=O)N[C@@H]1CC(Cn2cccn2)C[C@H]1O. The maximum Gasteiger partial charge on any atom is 0.214 e. The van der Waals surface area contributed by atoms with Crippen molar-refractivity contribution in [2.24, 2.45) is 5.92 Å². The summed E-state index contributed by atoms with van der Waals surface area (Å²) in [5, 5.41) is 14.3. The van der Waals surface area contributed by atoms with Crippen LogP contribution in [0.5, 0.6) is 0 Å². The molecule has 0 aromatic carbocycles. The van der Waals surface area contributed by atoms with Crippen LogP contribution >= 0.6 is 0 Å². The van der Waals surface area contributed by atoms with Crippen molar-refractivity contribution in [1.82, 2.24) is 14.5 Å². The minimum Gasteiger partial charge on any atom is -0.391 e. The number of sulfonamides is 1. The van der Waals surface area contributed by atoms with Crippen molar-refractivity contribution in [1.29, 1.82) is 0 Å². The molecule has 2 N–H and O–H groups in total. The van der Waals surface area contributed by atoms with E-state index in [1.807, 2.05) is 16.9 Å². The van der Waals surface area contributed by atoms with Gasteiger partial charge in [-0.1, -0.05) is 0 Å². The molecule has 0 radical (unpaired) electrons. The van der Waals surface area contributed by atoms with Crippen LogP contribution in [-0.2, 0) is 21.3 Å².